The van der Waals surface area contributed by atoms with Crippen molar-refractivity contribution in [3.05, 3.63) is 52.5 Å². The molecule has 7 nitrogen and oxygen atoms in total. The number of piperidine rings is 1. The summed E-state index contributed by atoms with van der Waals surface area (Å²) < 4.78 is 10.6. The standard InChI is InChI=1S/C23H28ClN3O4/c1-26(14-16-6-8-18(9-7-16)27-10-4-3-5-11-27)23(29)17-12-19(24)22(20(13-17)30-2)31-15-21(25)28/h6-9,12-13H,3-5,10-11,14-15H2,1-2H3,(H2,25,28). The summed E-state index contributed by atoms with van der Waals surface area (Å²) in [5.41, 5.74) is 7.74. The molecule has 1 saturated heterocycles. The average molecular weight is 446 g/mol. The van der Waals surface area contributed by atoms with Crippen LogP contribution in [0.2, 0.25) is 5.02 Å². The zero-order chi connectivity index (χ0) is 22.4. The van der Waals surface area contributed by atoms with Gasteiger partial charge in [0.15, 0.2) is 18.1 Å². The predicted octanol–water partition coefficient (Wildman–Crippen LogP) is 3.48. The fourth-order valence-electron chi connectivity index (χ4n) is 3.66. The Morgan fingerprint density at radius 3 is 2.42 bits per heavy atom. The number of methoxy groups -OCH3 is 1. The van der Waals surface area contributed by atoms with Crippen LogP contribution in [-0.4, -0.2) is 50.6 Å². The number of hydrogen-bond acceptors (Lipinski definition) is 5. The van der Waals surface area contributed by atoms with Gasteiger partial charge in [-0.1, -0.05) is 23.7 Å². The first-order valence-electron chi connectivity index (χ1n) is 10.3. The van der Waals surface area contributed by atoms with Gasteiger partial charge in [0.25, 0.3) is 11.8 Å². The predicted molar refractivity (Wildman–Crippen MR) is 121 cm³/mol. The van der Waals surface area contributed by atoms with Gasteiger partial charge in [-0.15, -0.1) is 0 Å². The van der Waals surface area contributed by atoms with Gasteiger partial charge in [0, 0.05) is 37.9 Å². The molecular formula is C23H28ClN3O4. The van der Waals surface area contributed by atoms with E-state index in [9.17, 15) is 9.59 Å². The van der Waals surface area contributed by atoms with Crippen LogP contribution in [0.4, 0.5) is 5.69 Å². The third-order valence-electron chi connectivity index (χ3n) is 5.26. The highest BCUT2D eigenvalue weighted by Gasteiger charge is 2.19. The van der Waals surface area contributed by atoms with E-state index in [4.69, 9.17) is 26.8 Å². The fraction of sp³-hybridized carbons (Fsp3) is 0.391. The number of carbonyl (C=O) groups excluding carboxylic acids is 2. The maximum absolute atomic E-state index is 12.9. The number of rotatable bonds is 8. The van der Waals surface area contributed by atoms with Gasteiger partial charge in [-0.2, -0.15) is 0 Å². The summed E-state index contributed by atoms with van der Waals surface area (Å²) in [5.74, 6) is -0.405. The number of carbonyl (C=O) groups is 2. The Bertz CT molecular complexity index is 927. The van der Waals surface area contributed by atoms with Gasteiger partial charge in [0.1, 0.15) is 0 Å². The van der Waals surface area contributed by atoms with E-state index in [1.165, 1.54) is 38.1 Å². The monoisotopic (exact) mass is 445 g/mol. The van der Waals surface area contributed by atoms with Crippen LogP contribution < -0.4 is 20.1 Å². The molecule has 2 aromatic carbocycles. The van der Waals surface area contributed by atoms with Crippen LogP contribution in [0, 0.1) is 0 Å². The lowest BCUT2D eigenvalue weighted by Crippen LogP contribution is -2.29. The Labute approximate surface area is 187 Å². The average Bonchev–Trinajstić information content (AvgIpc) is 2.78. The largest absolute Gasteiger partial charge is 0.493 e. The Hall–Kier alpha value is -2.93. The molecule has 1 fully saturated rings. The van der Waals surface area contributed by atoms with Gasteiger partial charge >= 0.3 is 0 Å². The van der Waals surface area contributed by atoms with Crippen LogP contribution in [0.3, 0.4) is 0 Å². The van der Waals surface area contributed by atoms with Crippen molar-refractivity contribution in [1.82, 2.24) is 4.90 Å². The Kier molecular flexibility index (Phi) is 7.63. The van der Waals surface area contributed by atoms with E-state index in [1.807, 2.05) is 0 Å². The van der Waals surface area contributed by atoms with Crippen LogP contribution >= 0.6 is 11.6 Å². The van der Waals surface area contributed by atoms with Crippen molar-refractivity contribution in [3.8, 4) is 11.5 Å². The molecule has 1 heterocycles. The normalized spacial score (nSPS) is 13.6. The van der Waals surface area contributed by atoms with Crippen molar-refractivity contribution in [3.63, 3.8) is 0 Å². The van der Waals surface area contributed by atoms with E-state index in [1.54, 1.807) is 18.0 Å². The van der Waals surface area contributed by atoms with Crippen LogP contribution in [0.25, 0.3) is 0 Å². The molecule has 1 aliphatic heterocycles. The molecule has 2 amide bonds. The van der Waals surface area contributed by atoms with E-state index >= 15 is 0 Å². The lowest BCUT2D eigenvalue weighted by molar-refractivity contribution is -0.119. The van der Waals surface area contributed by atoms with Crippen LogP contribution in [0.1, 0.15) is 35.2 Å². The fourth-order valence-corrected chi connectivity index (χ4v) is 3.92. The lowest BCUT2D eigenvalue weighted by Gasteiger charge is -2.29. The number of hydrogen-bond donors (Lipinski definition) is 1. The number of ether oxygens (including phenoxy) is 2. The highest BCUT2D eigenvalue weighted by atomic mass is 35.5. The smallest absolute Gasteiger partial charge is 0.255 e. The molecule has 2 aromatic rings. The maximum atomic E-state index is 12.9. The van der Waals surface area contributed by atoms with Crippen LogP contribution in [0.5, 0.6) is 11.5 Å². The number of benzene rings is 2. The minimum absolute atomic E-state index is 0.170. The van der Waals surface area contributed by atoms with Crippen LogP contribution in [0.15, 0.2) is 36.4 Å². The molecule has 1 aliphatic rings. The Balaban J connectivity index is 1.69. The van der Waals surface area contributed by atoms with E-state index in [2.05, 4.69) is 29.2 Å². The van der Waals surface area contributed by atoms with Crippen molar-refractivity contribution in [2.45, 2.75) is 25.8 Å². The van der Waals surface area contributed by atoms with Crippen molar-refractivity contribution in [2.75, 3.05) is 38.8 Å². The summed E-state index contributed by atoms with van der Waals surface area (Å²) in [5, 5.41) is 0.170. The molecule has 0 aromatic heterocycles. The minimum Gasteiger partial charge on any atom is -0.493 e. The second kappa shape index (κ2) is 10.4. The molecule has 166 valence electrons. The van der Waals surface area contributed by atoms with Crippen molar-refractivity contribution in [1.29, 1.82) is 0 Å². The summed E-state index contributed by atoms with van der Waals surface area (Å²) in [4.78, 5) is 27.9. The second-order valence-electron chi connectivity index (χ2n) is 7.62. The molecule has 0 unspecified atom stereocenters. The van der Waals surface area contributed by atoms with Gasteiger partial charge in [-0.25, -0.2) is 0 Å². The first kappa shape index (κ1) is 22.7. The summed E-state index contributed by atoms with van der Waals surface area (Å²) >= 11 is 6.26. The quantitative estimate of drug-likeness (QED) is 0.672. The Morgan fingerprint density at radius 1 is 1.13 bits per heavy atom. The van der Waals surface area contributed by atoms with Crippen molar-refractivity contribution >= 4 is 29.1 Å². The lowest BCUT2D eigenvalue weighted by atomic mass is 10.1. The zero-order valence-electron chi connectivity index (χ0n) is 17.9. The van der Waals surface area contributed by atoms with Crippen LogP contribution in [-0.2, 0) is 11.3 Å². The number of halogens is 1. The maximum Gasteiger partial charge on any atom is 0.255 e. The number of primary amides is 1. The zero-order valence-corrected chi connectivity index (χ0v) is 18.7. The number of nitrogens with two attached hydrogens (primary N) is 1. The Morgan fingerprint density at radius 2 is 1.81 bits per heavy atom. The van der Waals surface area contributed by atoms with E-state index in [0.717, 1.165) is 18.7 Å². The molecule has 0 spiro atoms. The molecule has 31 heavy (non-hydrogen) atoms. The summed E-state index contributed by atoms with van der Waals surface area (Å²) in [6, 6.07) is 11.4. The third kappa shape index (κ3) is 5.82. The van der Waals surface area contributed by atoms with Gasteiger partial charge in [0.05, 0.1) is 12.1 Å². The molecule has 2 N–H and O–H groups in total. The summed E-state index contributed by atoms with van der Waals surface area (Å²) in [6.45, 7) is 2.31. The highest BCUT2D eigenvalue weighted by molar-refractivity contribution is 6.32. The molecule has 3 rings (SSSR count). The van der Waals surface area contributed by atoms with Gasteiger partial charge in [-0.3, -0.25) is 9.59 Å². The molecule has 8 heteroatoms. The first-order valence-corrected chi connectivity index (χ1v) is 10.6. The first-order chi connectivity index (χ1) is 14.9. The molecule has 0 atom stereocenters. The third-order valence-corrected chi connectivity index (χ3v) is 5.54. The molecule has 0 radical (unpaired) electrons. The summed E-state index contributed by atoms with van der Waals surface area (Å²) in [7, 11) is 3.17. The molecular weight excluding hydrogens is 418 g/mol. The topological polar surface area (TPSA) is 85.1 Å². The van der Waals surface area contributed by atoms with Crippen molar-refractivity contribution in [2.24, 2.45) is 5.73 Å². The van der Waals surface area contributed by atoms with E-state index < -0.39 is 5.91 Å². The SMILES string of the molecule is COc1cc(C(=O)N(C)Cc2ccc(N3CCCCC3)cc2)cc(Cl)c1OCC(N)=O. The van der Waals surface area contributed by atoms with E-state index in [-0.39, 0.29) is 29.0 Å². The minimum atomic E-state index is -0.635. The van der Waals surface area contributed by atoms with Crippen molar-refractivity contribution < 1.29 is 19.1 Å². The van der Waals surface area contributed by atoms with Gasteiger partial charge in [-0.05, 0) is 49.1 Å². The number of anilines is 1. The highest BCUT2D eigenvalue weighted by Crippen LogP contribution is 2.36. The molecule has 0 aliphatic carbocycles. The molecule has 0 saturated carbocycles. The number of amides is 2. The second-order valence-corrected chi connectivity index (χ2v) is 8.03. The summed E-state index contributed by atoms with van der Waals surface area (Å²) in [6.07, 6.45) is 3.77. The van der Waals surface area contributed by atoms with E-state index in [0.29, 0.717) is 12.1 Å². The molecule has 0 bridgehead atoms. The number of nitrogens with zero attached hydrogens (tertiary/aromatic N) is 2. The van der Waals surface area contributed by atoms with Gasteiger partial charge < -0.3 is 25.0 Å². The van der Waals surface area contributed by atoms with Gasteiger partial charge in [0.2, 0.25) is 0 Å².